The molecule has 0 heterocycles. The summed E-state index contributed by atoms with van der Waals surface area (Å²) in [6.07, 6.45) is 0. The zero-order valence-electron chi connectivity index (χ0n) is 9.64. The Kier molecular flexibility index (Phi) is 4.17. The lowest BCUT2D eigenvalue weighted by molar-refractivity contribution is -0.385. The van der Waals surface area contributed by atoms with Gasteiger partial charge < -0.3 is 10.4 Å². The maximum absolute atomic E-state index is 11.8. The fourth-order valence-corrected chi connectivity index (χ4v) is 1.34. The summed E-state index contributed by atoms with van der Waals surface area (Å²) in [6.45, 7) is 3.14. The highest BCUT2D eigenvalue weighted by Gasteiger charge is 2.20. The van der Waals surface area contributed by atoms with E-state index < -0.39 is 16.9 Å². The number of aryl methyl sites for hydroxylation is 1. The van der Waals surface area contributed by atoms with Crippen molar-refractivity contribution in [1.29, 1.82) is 0 Å². The van der Waals surface area contributed by atoms with Gasteiger partial charge in [-0.2, -0.15) is 0 Å². The van der Waals surface area contributed by atoms with Crippen LogP contribution in [0.25, 0.3) is 0 Å². The lowest BCUT2D eigenvalue weighted by Crippen LogP contribution is -2.35. The molecule has 0 aliphatic rings. The van der Waals surface area contributed by atoms with Crippen LogP contribution in [0, 0.1) is 17.0 Å². The van der Waals surface area contributed by atoms with Gasteiger partial charge in [0.1, 0.15) is 5.56 Å². The number of nitrogens with zero attached hydrogens (tertiary/aromatic N) is 1. The molecule has 0 saturated carbocycles. The van der Waals surface area contributed by atoms with E-state index in [1.807, 2.05) is 0 Å². The molecular weight excluding hydrogens is 224 g/mol. The van der Waals surface area contributed by atoms with Gasteiger partial charge in [0.15, 0.2) is 0 Å². The molecule has 1 atom stereocenters. The van der Waals surface area contributed by atoms with E-state index in [-0.39, 0.29) is 17.9 Å². The van der Waals surface area contributed by atoms with E-state index in [9.17, 15) is 14.9 Å². The molecule has 1 rings (SSSR count). The second-order valence-electron chi connectivity index (χ2n) is 3.83. The summed E-state index contributed by atoms with van der Waals surface area (Å²) < 4.78 is 0. The average Bonchev–Trinajstić information content (AvgIpc) is 2.28. The predicted octanol–water partition coefficient (Wildman–Crippen LogP) is 1.01. The molecule has 1 aromatic rings. The lowest BCUT2D eigenvalue weighted by atomic mass is 10.1. The fraction of sp³-hybridized carbons (Fsp3) is 0.364. The second-order valence-corrected chi connectivity index (χ2v) is 3.83. The molecule has 0 radical (unpaired) electrons. The van der Waals surface area contributed by atoms with Gasteiger partial charge in [0.2, 0.25) is 0 Å². The zero-order chi connectivity index (χ0) is 13.0. The van der Waals surface area contributed by atoms with Crippen molar-refractivity contribution >= 4 is 11.6 Å². The van der Waals surface area contributed by atoms with Crippen LogP contribution < -0.4 is 5.32 Å². The highest BCUT2D eigenvalue weighted by atomic mass is 16.6. The molecule has 17 heavy (non-hydrogen) atoms. The van der Waals surface area contributed by atoms with Crippen molar-refractivity contribution in [3.63, 3.8) is 0 Å². The van der Waals surface area contributed by atoms with Crippen molar-refractivity contribution in [2.45, 2.75) is 19.9 Å². The van der Waals surface area contributed by atoms with Crippen molar-refractivity contribution < 1.29 is 14.8 Å². The van der Waals surface area contributed by atoms with Gasteiger partial charge in [0, 0.05) is 12.1 Å². The number of benzene rings is 1. The summed E-state index contributed by atoms with van der Waals surface area (Å²) in [5.74, 6) is -0.554. The molecule has 92 valence electrons. The number of nitro groups is 1. The highest BCUT2D eigenvalue weighted by molar-refractivity contribution is 5.98. The Morgan fingerprint density at radius 1 is 1.59 bits per heavy atom. The van der Waals surface area contributed by atoms with Crippen molar-refractivity contribution in [1.82, 2.24) is 5.32 Å². The van der Waals surface area contributed by atoms with Gasteiger partial charge in [0.05, 0.1) is 11.5 Å². The normalized spacial score (nSPS) is 11.9. The van der Waals surface area contributed by atoms with Crippen LogP contribution in [0.3, 0.4) is 0 Å². The number of rotatable bonds is 4. The quantitative estimate of drug-likeness (QED) is 0.605. The van der Waals surface area contributed by atoms with Crippen LogP contribution in [0.4, 0.5) is 5.69 Å². The van der Waals surface area contributed by atoms with E-state index in [0.29, 0.717) is 0 Å². The molecule has 0 aromatic heterocycles. The molecule has 2 N–H and O–H groups in total. The Bertz CT molecular complexity index is 445. The van der Waals surface area contributed by atoms with Crippen molar-refractivity contribution in [2.24, 2.45) is 0 Å². The van der Waals surface area contributed by atoms with Gasteiger partial charge in [-0.05, 0) is 25.5 Å². The smallest absolute Gasteiger partial charge is 0.282 e. The van der Waals surface area contributed by atoms with Crippen LogP contribution in [-0.2, 0) is 0 Å². The zero-order valence-corrected chi connectivity index (χ0v) is 9.64. The van der Waals surface area contributed by atoms with Gasteiger partial charge in [0.25, 0.3) is 11.6 Å². The van der Waals surface area contributed by atoms with Gasteiger partial charge in [-0.3, -0.25) is 14.9 Å². The number of carbonyl (C=O) groups is 1. The Hall–Kier alpha value is -1.95. The number of aliphatic hydroxyl groups excluding tert-OH is 1. The van der Waals surface area contributed by atoms with E-state index in [1.165, 1.54) is 12.1 Å². The number of amides is 1. The number of nitrogens with one attached hydrogen (secondary N) is 1. The lowest BCUT2D eigenvalue weighted by Gasteiger charge is -2.11. The minimum absolute atomic E-state index is 0.00954. The van der Waals surface area contributed by atoms with Crippen LogP contribution in [0.15, 0.2) is 18.2 Å². The summed E-state index contributed by atoms with van der Waals surface area (Å²) >= 11 is 0. The van der Waals surface area contributed by atoms with E-state index in [0.717, 1.165) is 5.56 Å². The predicted molar refractivity (Wildman–Crippen MR) is 61.8 cm³/mol. The number of nitro benzene ring substituents is 1. The molecular formula is C11H14N2O4. The molecule has 6 nitrogen and oxygen atoms in total. The number of carbonyl (C=O) groups excluding carboxylic acids is 1. The summed E-state index contributed by atoms with van der Waals surface area (Å²) in [4.78, 5) is 21.9. The van der Waals surface area contributed by atoms with Crippen LogP contribution in [0.5, 0.6) is 0 Å². The molecule has 0 saturated heterocycles. The molecule has 1 unspecified atom stereocenters. The number of aliphatic hydroxyl groups is 1. The Balaban J connectivity index is 3.06. The first kappa shape index (κ1) is 13.1. The van der Waals surface area contributed by atoms with Crippen molar-refractivity contribution in [3.8, 4) is 0 Å². The maximum Gasteiger partial charge on any atom is 0.282 e. The van der Waals surface area contributed by atoms with Crippen molar-refractivity contribution in [2.75, 3.05) is 6.61 Å². The molecule has 6 heteroatoms. The van der Waals surface area contributed by atoms with Gasteiger partial charge >= 0.3 is 0 Å². The first-order valence-corrected chi connectivity index (χ1v) is 5.12. The van der Waals surface area contributed by atoms with Gasteiger partial charge in [-0.25, -0.2) is 0 Å². The van der Waals surface area contributed by atoms with Crippen molar-refractivity contribution in [3.05, 3.63) is 39.4 Å². The average molecular weight is 238 g/mol. The molecule has 0 aliphatic carbocycles. The second kappa shape index (κ2) is 5.40. The van der Waals surface area contributed by atoms with E-state index in [4.69, 9.17) is 5.11 Å². The first-order valence-electron chi connectivity index (χ1n) is 5.12. The van der Waals surface area contributed by atoms with Crippen LogP contribution in [0.1, 0.15) is 22.8 Å². The summed E-state index contributed by atoms with van der Waals surface area (Å²) in [7, 11) is 0. The molecule has 1 aromatic carbocycles. The summed E-state index contributed by atoms with van der Waals surface area (Å²) in [5.41, 5.74) is 0.533. The van der Waals surface area contributed by atoms with Crippen LogP contribution in [-0.4, -0.2) is 28.6 Å². The highest BCUT2D eigenvalue weighted by Crippen LogP contribution is 2.19. The maximum atomic E-state index is 11.8. The third-order valence-corrected chi connectivity index (χ3v) is 2.24. The minimum Gasteiger partial charge on any atom is -0.394 e. The fourth-order valence-electron chi connectivity index (χ4n) is 1.34. The minimum atomic E-state index is -0.599. The van der Waals surface area contributed by atoms with E-state index in [2.05, 4.69) is 5.32 Å². The number of hydrogen-bond donors (Lipinski definition) is 2. The van der Waals surface area contributed by atoms with Crippen LogP contribution in [0.2, 0.25) is 0 Å². The molecule has 0 bridgehead atoms. The van der Waals surface area contributed by atoms with Crippen LogP contribution >= 0.6 is 0 Å². The summed E-state index contributed by atoms with van der Waals surface area (Å²) in [6, 6.07) is 3.89. The standard InChI is InChI=1S/C11H14N2O4/c1-7-3-4-10(13(16)17)9(5-7)11(15)12-8(2)6-14/h3-5,8,14H,6H2,1-2H3,(H,12,15). The molecule has 1 amide bonds. The summed E-state index contributed by atoms with van der Waals surface area (Å²) in [5, 5.41) is 22.1. The van der Waals surface area contributed by atoms with Gasteiger partial charge in [-0.15, -0.1) is 0 Å². The molecule has 0 aliphatic heterocycles. The SMILES string of the molecule is Cc1ccc([N+](=O)[O-])c(C(=O)NC(C)CO)c1. The largest absolute Gasteiger partial charge is 0.394 e. The van der Waals surface area contributed by atoms with E-state index >= 15 is 0 Å². The van der Waals surface area contributed by atoms with E-state index in [1.54, 1.807) is 19.9 Å². The Labute approximate surface area is 98.4 Å². The monoisotopic (exact) mass is 238 g/mol. The third-order valence-electron chi connectivity index (χ3n) is 2.24. The molecule has 0 spiro atoms. The topological polar surface area (TPSA) is 92.5 Å². The molecule has 0 fully saturated rings. The Morgan fingerprint density at radius 2 is 2.24 bits per heavy atom. The van der Waals surface area contributed by atoms with Gasteiger partial charge in [-0.1, -0.05) is 6.07 Å². The first-order chi connectivity index (χ1) is 7.95. The third kappa shape index (κ3) is 3.25. The number of hydrogen-bond acceptors (Lipinski definition) is 4. The Morgan fingerprint density at radius 3 is 2.76 bits per heavy atom.